The molecule has 0 bridgehead atoms. The summed E-state index contributed by atoms with van der Waals surface area (Å²) in [5, 5.41) is 19.2. The summed E-state index contributed by atoms with van der Waals surface area (Å²) in [7, 11) is 0. The fourth-order valence-corrected chi connectivity index (χ4v) is 3.82. The normalized spacial score (nSPS) is 20.2. The molecule has 9 heteroatoms. The van der Waals surface area contributed by atoms with E-state index in [1.807, 2.05) is 31.2 Å². The van der Waals surface area contributed by atoms with Crippen molar-refractivity contribution in [2.24, 2.45) is 5.73 Å². The summed E-state index contributed by atoms with van der Waals surface area (Å²) in [6.07, 6.45) is -0.614. The van der Waals surface area contributed by atoms with Crippen LogP contribution in [0.2, 0.25) is 0 Å². The Morgan fingerprint density at radius 3 is 2.89 bits per heavy atom. The summed E-state index contributed by atoms with van der Waals surface area (Å²) < 4.78 is 13.8. The topological polar surface area (TPSA) is 97.9 Å². The quantitative estimate of drug-likeness (QED) is 0.738. The first-order valence-electron chi connectivity index (χ1n) is 8.74. The number of likely N-dealkylation sites (tertiary alicyclic amines) is 1. The Kier molecular flexibility index (Phi) is 4.79. The zero-order valence-electron chi connectivity index (χ0n) is 14.8. The Hall–Kier alpha value is -2.52. The smallest absolute Gasteiger partial charge is 0.228 e. The first-order valence-corrected chi connectivity index (χ1v) is 9.55. The molecule has 0 aliphatic carbocycles. The third kappa shape index (κ3) is 3.79. The molecule has 3 heterocycles. The van der Waals surface area contributed by atoms with Crippen LogP contribution in [-0.4, -0.2) is 56.5 Å². The van der Waals surface area contributed by atoms with Gasteiger partial charge in [0.25, 0.3) is 0 Å². The number of carbonyl (C=O) groups excluding carboxylic acids is 1. The number of halogens is 1. The van der Waals surface area contributed by atoms with Crippen LogP contribution in [0.3, 0.4) is 0 Å². The van der Waals surface area contributed by atoms with Crippen molar-refractivity contribution in [2.75, 3.05) is 13.1 Å². The van der Waals surface area contributed by atoms with E-state index in [-0.39, 0.29) is 18.9 Å². The third-order valence-corrected chi connectivity index (χ3v) is 5.57. The van der Waals surface area contributed by atoms with E-state index in [4.69, 9.17) is 5.73 Å². The van der Waals surface area contributed by atoms with Crippen LogP contribution in [0.25, 0.3) is 21.5 Å². The van der Waals surface area contributed by atoms with E-state index in [0.717, 1.165) is 26.5 Å². The number of nitrogens with two attached hydrogens (primary N) is 1. The van der Waals surface area contributed by atoms with E-state index in [1.54, 1.807) is 0 Å². The summed E-state index contributed by atoms with van der Waals surface area (Å²) in [6.45, 7) is 2.43. The van der Waals surface area contributed by atoms with Crippen molar-refractivity contribution in [3.8, 4) is 10.6 Å². The minimum atomic E-state index is -1.18. The van der Waals surface area contributed by atoms with Gasteiger partial charge in [-0.3, -0.25) is 4.79 Å². The second-order valence-electron chi connectivity index (χ2n) is 6.72. The maximum absolute atomic E-state index is 13.8. The summed E-state index contributed by atoms with van der Waals surface area (Å²) in [4.78, 5) is 14.0. The number of aromatic nitrogens is 4. The van der Waals surface area contributed by atoms with Crippen LogP contribution in [0.4, 0.5) is 4.39 Å². The molecule has 2 atom stereocenters. The summed E-state index contributed by atoms with van der Waals surface area (Å²) >= 11 is 1.52. The molecule has 2 N–H and O–H groups in total. The average molecular weight is 386 g/mol. The van der Waals surface area contributed by atoms with Gasteiger partial charge in [0.05, 0.1) is 24.2 Å². The number of carbonyl (C=O) groups is 1. The second kappa shape index (κ2) is 7.24. The minimum absolute atomic E-state index is 0.0432. The number of aryl methyl sites for hydroxylation is 1. The van der Waals surface area contributed by atoms with Gasteiger partial charge in [0, 0.05) is 23.5 Å². The molecule has 0 unspecified atom stereocenters. The van der Waals surface area contributed by atoms with Crippen LogP contribution in [0.15, 0.2) is 24.3 Å². The van der Waals surface area contributed by atoms with Gasteiger partial charge in [-0.05, 0) is 37.6 Å². The van der Waals surface area contributed by atoms with Crippen molar-refractivity contribution in [1.29, 1.82) is 0 Å². The van der Waals surface area contributed by atoms with Gasteiger partial charge in [-0.1, -0.05) is 11.3 Å². The molecule has 3 aromatic rings. The molecule has 27 heavy (non-hydrogen) atoms. The number of piperidine rings is 1. The van der Waals surface area contributed by atoms with E-state index in [0.29, 0.717) is 18.7 Å². The molecular weight excluding hydrogens is 367 g/mol. The van der Waals surface area contributed by atoms with E-state index < -0.39 is 12.2 Å². The molecule has 4 rings (SSSR count). The maximum Gasteiger partial charge on any atom is 0.228 e. The summed E-state index contributed by atoms with van der Waals surface area (Å²) in [5.41, 5.74) is 7.92. The standard InChI is InChI=1S/C18H19FN6OS/c1-10-21-24-18(27-10)11-2-3-16-12(6-11)7-13(22-23-16)8-17(26)25-5-4-15(20)14(19)9-25/h2-3,6-7,14-15H,4-5,8-9,20H2,1H3/t14-,15-/m0/s1. The fourth-order valence-electron chi connectivity index (χ4n) is 3.14. The first-order chi connectivity index (χ1) is 13.0. The Morgan fingerprint density at radius 2 is 2.15 bits per heavy atom. The van der Waals surface area contributed by atoms with Crippen LogP contribution in [0, 0.1) is 6.92 Å². The second-order valence-corrected chi connectivity index (χ2v) is 7.90. The predicted octanol–water partition coefficient (Wildman–Crippen LogP) is 1.90. The van der Waals surface area contributed by atoms with E-state index in [1.165, 1.54) is 16.2 Å². The van der Waals surface area contributed by atoms with Crippen LogP contribution in [0.5, 0.6) is 0 Å². The van der Waals surface area contributed by atoms with Crippen molar-refractivity contribution in [1.82, 2.24) is 25.3 Å². The highest BCUT2D eigenvalue weighted by Gasteiger charge is 2.29. The molecule has 0 spiro atoms. The SMILES string of the molecule is Cc1nnc(-c2ccc3nnc(CC(=O)N4CC[C@H](N)[C@@H](F)C4)cc3c2)s1. The zero-order valence-corrected chi connectivity index (χ0v) is 15.6. The van der Waals surface area contributed by atoms with Crippen LogP contribution < -0.4 is 5.73 Å². The van der Waals surface area contributed by atoms with Gasteiger partial charge in [0.1, 0.15) is 16.2 Å². The van der Waals surface area contributed by atoms with Crippen LogP contribution >= 0.6 is 11.3 Å². The van der Waals surface area contributed by atoms with Gasteiger partial charge in [0.2, 0.25) is 5.91 Å². The van der Waals surface area contributed by atoms with Gasteiger partial charge in [-0.25, -0.2) is 4.39 Å². The predicted molar refractivity (Wildman–Crippen MR) is 101 cm³/mol. The number of amides is 1. The zero-order chi connectivity index (χ0) is 19.0. The van der Waals surface area contributed by atoms with Gasteiger partial charge >= 0.3 is 0 Å². The number of rotatable bonds is 3. The number of nitrogens with zero attached hydrogens (tertiary/aromatic N) is 5. The van der Waals surface area contributed by atoms with Gasteiger partial charge < -0.3 is 10.6 Å². The number of hydrogen-bond donors (Lipinski definition) is 1. The number of fused-ring (bicyclic) bond motifs is 1. The van der Waals surface area contributed by atoms with Crippen molar-refractivity contribution < 1.29 is 9.18 Å². The molecular formula is C18H19FN6OS. The lowest BCUT2D eigenvalue weighted by Crippen LogP contribution is -2.50. The molecule has 1 amide bonds. The first kappa shape index (κ1) is 17.9. The molecule has 1 saturated heterocycles. The van der Waals surface area contributed by atoms with Gasteiger partial charge in [0.15, 0.2) is 0 Å². The third-order valence-electron chi connectivity index (χ3n) is 4.69. The molecule has 1 aliphatic heterocycles. The monoisotopic (exact) mass is 386 g/mol. The molecule has 0 radical (unpaired) electrons. The van der Waals surface area contributed by atoms with Gasteiger partial charge in [-0.2, -0.15) is 10.2 Å². The lowest BCUT2D eigenvalue weighted by Gasteiger charge is -2.32. The fraction of sp³-hybridized carbons (Fsp3) is 0.389. The molecule has 0 saturated carbocycles. The average Bonchev–Trinajstić information content (AvgIpc) is 3.09. The number of hydrogen-bond acceptors (Lipinski definition) is 7. The molecule has 1 aromatic carbocycles. The van der Waals surface area contributed by atoms with E-state index >= 15 is 0 Å². The van der Waals surface area contributed by atoms with E-state index in [2.05, 4.69) is 20.4 Å². The van der Waals surface area contributed by atoms with E-state index in [9.17, 15) is 9.18 Å². The van der Waals surface area contributed by atoms with Crippen molar-refractivity contribution >= 4 is 28.1 Å². The Bertz CT molecular complexity index is 993. The Morgan fingerprint density at radius 1 is 1.30 bits per heavy atom. The van der Waals surface area contributed by atoms with Gasteiger partial charge in [-0.15, -0.1) is 10.2 Å². The Balaban J connectivity index is 1.54. The molecule has 1 fully saturated rings. The number of benzene rings is 1. The number of alkyl halides is 1. The maximum atomic E-state index is 13.8. The minimum Gasteiger partial charge on any atom is -0.339 e. The van der Waals surface area contributed by atoms with Crippen molar-refractivity contribution in [3.63, 3.8) is 0 Å². The Labute approximate surface area is 159 Å². The lowest BCUT2D eigenvalue weighted by atomic mass is 10.0. The molecule has 1 aliphatic rings. The lowest BCUT2D eigenvalue weighted by molar-refractivity contribution is -0.132. The summed E-state index contributed by atoms with van der Waals surface area (Å²) in [5.74, 6) is -0.158. The highest BCUT2D eigenvalue weighted by Crippen LogP contribution is 2.26. The highest BCUT2D eigenvalue weighted by molar-refractivity contribution is 7.14. The largest absolute Gasteiger partial charge is 0.339 e. The van der Waals surface area contributed by atoms with Crippen LogP contribution in [-0.2, 0) is 11.2 Å². The van der Waals surface area contributed by atoms with Crippen LogP contribution in [0.1, 0.15) is 17.1 Å². The molecule has 2 aromatic heterocycles. The van der Waals surface area contributed by atoms with Crippen molar-refractivity contribution in [2.45, 2.75) is 32.0 Å². The highest BCUT2D eigenvalue weighted by atomic mass is 32.1. The summed E-state index contributed by atoms with van der Waals surface area (Å²) in [6, 6.07) is 7.13. The molecule has 7 nitrogen and oxygen atoms in total. The van der Waals surface area contributed by atoms with Crippen molar-refractivity contribution in [3.05, 3.63) is 35.0 Å². The molecule has 140 valence electrons.